The minimum Gasteiger partial charge on any atom is -0.481 e. The van der Waals surface area contributed by atoms with Gasteiger partial charge < -0.3 is 20.0 Å². The number of hydrogen-bond donors (Lipinski definition) is 2. The van der Waals surface area contributed by atoms with E-state index in [1.165, 1.54) is 0 Å². The maximum Gasteiger partial charge on any atom is 0.314 e. The first-order valence-corrected chi connectivity index (χ1v) is 8.51. The molecule has 1 aliphatic heterocycles. The largest absolute Gasteiger partial charge is 0.481 e. The second-order valence-electron chi connectivity index (χ2n) is 7.41. The molecule has 7 heteroatoms. The smallest absolute Gasteiger partial charge is 0.314 e. The van der Waals surface area contributed by atoms with Crippen LogP contribution in [0.3, 0.4) is 0 Å². The zero-order valence-electron chi connectivity index (χ0n) is 14.6. The molecule has 3 rings (SSSR count). The summed E-state index contributed by atoms with van der Waals surface area (Å²) in [6, 6.07) is 0. The van der Waals surface area contributed by atoms with Crippen LogP contribution in [0.25, 0.3) is 0 Å². The van der Waals surface area contributed by atoms with Crippen LogP contribution in [-0.4, -0.2) is 59.4 Å². The van der Waals surface area contributed by atoms with Gasteiger partial charge in [-0.1, -0.05) is 12.8 Å². The first-order valence-electron chi connectivity index (χ1n) is 8.51. The van der Waals surface area contributed by atoms with Gasteiger partial charge in [-0.25, -0.2) is 4.98 Å². The SMILES string of the molecule is Cc1cnc(N2CC[C@H](O)[C@@](CC3CC3)(C(=O)O)C2)nc1N(C)C. The van der Waals surface area contributed by atoms with Crippen LogP contribution in [-0.2, 0) is 4.79 Å². The van der Waals surface area contributed by atoms with Gasteiger partial charge in [0.2, 0.25) is 5.95 Å². The Morgan fingerprint density at radius 3 is 2.71 bits per heavy atom. The number of aliphatic hydroxyl groups is 1. The molecule has 2 aliphatic rings. The summed E-state index contributed by atoms with van der Waals surface area (Å²) in [6.07, 6.45) is 4.04. The highest BCUT2D eigenvalue weighted by Gasteiger charge is 2.52. The quantitative estimate of drug-likeness (QED) is 0.838. The minimum absolute atomic E-state index is 0.260. The summed E-state index contributed by atoms with van der Waals surface area (Å²) in [7, 11) is 3.85. The number of piperidine rings is 1. The molecule has 7 nitrogen and oxygen atoms in total. The Balaban J connectivity index is 1.89. The Labute approximate surface area is 142 Å². The molecule has 1 saturated heterocycles. The maximum atomic E-state index is 12.0. The summed E-state index contributed by atoms with van der Waals surface area (Å²) in [5.74, 6) is 0.880. The van der Waals surface area contributed by atoms with Crippen molar-refractivity contribution in [2.45, 2.75) is 38.7 Å². The van der Waals surface area contributed by atoms with Gasteiger partial charge in [0.1, 0.15) is 11.2 Å². The van der Waals surface area contributed by atoms with E-state index in [-0.39, 0.29) is 6.54 Å². The maximum absolute atomic E-state index is 12.0. The fourth-order valence-corrected chi connectivity index (χ4v) is 3.61. The van der Waals surface area contributed by atoms with Gasteiger partial charge in [0.25, 0.3) is 0 Å². The van der Waals surface area contributed by atoms with Crippen molar-refractivity contribution >= 4 is 17.7 Å². The lowest BCUT2D eigenvalue weighted by molar-refractivity contribution is -0.158. The van der Waals surface area contributed by atoms with E-state index in [2.05, 4.69) is 9.97 Å². The molecule has 1 aromatic rings. The number of aromatic nitrogens is 2. The predicted molar refractivity (Wildman–Crippen MR) is 91.3 cm³/mol. The fourth-order valence-electron chi connectivity index (χ4n) is 3.61. The first kappa shape index (κ1) is 17.0. The molecule has 0 amide bonds. The van der Waals surface area contributed by atoms with Crippen molar-refractivity contribution in [3.05, 3.63) is 11.8 Å². The highest BCUT2D eigenvalue weighted by molar-refractivity contribution is 5.77. The molecule has 24 heavy (non-hydrogen) atoms. The van der Waals surface area contributed by atoms with Gasteiger partial charge in [-0.15, -0.1) is 0 Å². The van der Waals surface area contributed by atoms with Crippen molar-refractivity contribution in [3.8, 4) is 0 Å². The summed E-state index contributed by atoms with van der Waals surface area (Å²) in [5.41, 5.74) is -0.144. The van der Waals surface area contributed by atoms with E-state index >= 15 is 0 Å². The van der Waals surface area contributed by atoms with Crippen LogP contribution in [0.1, 0.15) is 31.2 Å². The van der Waals surface area contributed by atoms with Crippen LogP contribution >= 0.6 is 0 Å². The van der Waals surface area contributed by atoms with E-state index in [1.54, 1.807) is 6.20 Å². The summed E-state index contributed by atoms with van der Waals surface area (Å²) in [6.45, 7) is 2.78. The van der Waals surface area contributed by atoms with Crippen molar-refractivity contribution < 1.29 is 15.0 Å². The highest BCUT2D eigenvalue weighted by atomic mass is 16.4. The minimum atomic E-state index is -1.12. The van der Waals surface area contributed by atoms with Crippen molar-refractivity contribution in [2.75, 3.05) is 37.0 Å². The Morgan fingerprint density at radius 2 is 2.12 bits per heavy atom. The monoisotopic (exact) mass is 334 g/mol. The molecule has 1 saturated carbocycles. The standard InChI is InChI=1S/C17H26N4O3/c1-11-9-18-16(19-14(11)20(2)3)21-7-6-13(22)17(10-21,15(23)24)8-12-4-5-12/h9,12-13,22H,4-8,10H2,1-3H3,(H,23,24)/t13-,17-/m0/s1. The third-order valence-corrected chi connectivity index (χ3v) is 5.20. The fraction of sp³-hybridized carbons (Fsp3) is 0.706. The number of anilines is 2. The van der Waals surface area contributed by atoms with Crippen LogP contribution in [0, 0.1) is 18.3 Å². The topological polar surface area (TPSA) is 89.8 Å². The van der Waals surface area contributed by atoms with E-state index in [1.807, 2.05) is 30.8 Å². The zero-order chi connectivity index (χ0) is 17.5. The molecule has 0 spiro atoms. The lowest BCUT2D eigenvalue weighted by Gasteiger charge is -2.43. The van der Waals surface area contributed by atoms with Crippen LogP contribution in [0.4, 0.5) is 11.8 Å². The Morgan fingerprint density at radius 1 is 1.42 bits per heavy atom. The molecular weight excluding hydrogens is 308 g/mol. The summed E-state index contributed by atoms with van der Waals surface area (Å²) < 4.78 is 0. The van der Waals surface area contributed by atoms with E-state index in [4.69, 9.17) is 0 Å². The number of aliphatic carboxylic acids is 1. The van der Waals surface area contributed by atoms with Crippen molar-refractivity contribution in [3.63, 3.8) is 0 Å². The summed E-state index contributed by atoms with van der Waals surface area (Å²) in [4.78, 5) is 24.9. The van der Waals surface area contributed by atoms with Gasteiger partial charge in [-0.3, -0.25) is 4.79 Å². The van der Waals surface area contributed by atoms with E-state index in [0.717, 1.165) is 24.2 Å². The first-order chi connectivity index (χ1) is 11.3. The van der Waals surface area contributed by atoms with Gasteiger partial charge in [-0.05, 0) is 25.7 Å². The molecule has 2 fully saturated rings. The molecule has 0 bridgehead atoms. The average Bonchev–Trinajstić information content (AvgIpc) is 3.33. The molecule has 2 atom stereocenters. The molecule has 1 aliphatic carbocycles. The lowest BCUT2D eigenvalue weighted by atomic mass is 9.73. The Hall–Kier alpha value is -1.89. The molecule has 1 aromatic heterocycles. The number of carboxylic acids is 1. The van der Waals surface area contributed by atoms with Crippen molar-refractivity contribution in [1.82, 2.24) is 9.97 Å². The molecule has 2 heterocycles. The van der Waals surface area contributed by atoms with Gasteiger partial charge in [-0.2, -0.15) is 4.98 Å². The molecule has 0 radical (unpaired) electrons. The number of rotatable bonds is 5. The van der Waals surface area contributed by atoms with E-state index in [9.17, 15) is 15.0 Å². The highest BCUT2D eigenvalue weighted by Crippen LogP contribution is 2.45. The number of aryl methyl sites for hydroxylation is 1. The molecule has 0 aromatic carbocycles. The zero-order valence-corrected chi connectivity index (χ0v) is 14.6. The van der Waals surface area contributed by atoms with E-state index < -0.39 is 17.5 Å². The van der Waals surface area contributed by atoms with Crippen molar-refractivity contribution in [2.24, 2.45) is 11.3 Å². The molecule has 132 valence electrons. The Bertz CT molecular complexity index is 632. The summed E-state index contributed by atoms with van der Waals surface area (Å²) in [5, 5.41) is 20.3. The van der Waals surface area contributed by atoms with Crippen LogP contribution in [0.5, 0.6) is 0 Å². The van der Waals surface area contributed by atoms with Gasteiger partial charge in [0.05, 0.1) is 6.10 Å². The second-order valence-corrected chi connectivity index (χ2v) is 7.41. The van der Waals surface area contributed by atoms with Crippen LogP contribution in [0.2, 0.25) is 0 Å². The van der Waals surface area contributed by atoms with Gasteiger partial charge >= 0.3 is 5.97 Å². The van der Waals surface area contributed by atoms with E-state index in [0.29, 0.717) is 31.3 Å². The molecule has 2 N–H and O–H groups in total. The Kier molecular flexibility index (Phi) is 4.38. The number of nitrogens with zero attached hydrogens (tertiary/aromatic N) is 4. The van der Waals surface area contributed by atoms with Crippen molar-refractivity contribution in [1.29, 1.82) is 0 Å². The number of carboxylic acid groups (broad SMARTS) is 1. The second kappa shape index (κ2) is 6.20. The third kappa shape index (κ3) is 3.05. The number of carbonyl (C=O) groups is 1. The van der Waals surface area contributed by atoms with Crippen LogP contribution < -0.4 is 9.80 Å². The number of hydrogen-bond acceptors (Lipinski definition) is 6. The predicted octanol–water partition coefficient (Wildman–Crippen LogP) is 1.29. The molecule has 0 unspecified atom stereocenters. The lowest BCUT2D eigenvalue weighted by Crippen LogP contribution is -2.56. The van der Waals surface area contributed by atoms with Crippen LogP contribution in [0.15, 0.2) is 6.20 Å². The number of aliphatic hydroxyl groups excluding tert-OH is 1. The molecular formula is C17H26N4O3. The van der Waals surface area contributed by atoms with Gasteiger partial charge in [0.15, 0.2) is 0 Å². The average molecular weight is 334 g/mol. The normalized spacial score (nSPS) is 27.2. The third-order valence-electron chi connectivity index (χ3n) is 5.20. The van der Waals surface area contributed by atoms with Gasteiger partial charge in [0, 0.05) is 38.9 Å². The summed E-state index contributed by atoms with van der Waals surface area (Å²) >= 11 is 0.